The van der Waals surface area contributed by atoms with Gasteiger partial charge < -0.3 is 15.1 Å². The maximum Gasteiger partial charge on any atom is 0.323 e. The van der Waals surface area contributed by atoms with Crippen molar-refractivity contribution in [2.24, 2.45) is 5.92 Å². The summed E-state index contributed by atoms with van der Waals surface area (Å²) in [6, 6.07) is 4.69. The lowest BCUT2D eigenvalue weighted by molar-refractivity contribution is -0.137. The minimum Gasteiger partial charge on any atom is -0.507 e. The maximum absolute atomic E-state index is 12.3. The molecule has 0 atom stereocenters. The van der Waals surface area contributed by atoms with Gasteiger partial charge in [-0.1, -0.05) is 25.5 Å². The molecule has 0 aliphatic rings. The van der Waals surface area contributed by atoms with E-state index in [0.717, 1.165) is 5.56 Å². The fourth-order valence-electron chi connectivity index (χ4n) is 1.81. The third-order valence-corrected chi connectivity index (χ3v) is 2.58. The highest BCUT2D eigenvalue weighted by Gasteiger charge is 2.22. The molecule has 0 spiro atoms. The molecule has 0 bridgehead atoms. The normalized spacial score (nSPS) is 10.5. The Hall–Kier alpha value is -2.04. The number of amides is 1. The molecule has 1 aromatic carbocycles. The molecule has 0 radical (unpaired) electrons. The summed E-state index contributed by atoms with van der Waals surface area (Å²) in [5.41, 5.74) is 0.975. The Balaban J connectivity index is 3.03. The second-order valence-electron chi connectivity index (χ2n) is 4.99. The van der Waals surface area contributed by atoms with Crippen molar-refractivity contribution in [1.82, 2.24) is 4.90 Å². The fraction of sp³-hybridized carbons (Fsp3) is 0.429. The van der Waals surface area contributed by atoms with Gasteiger partial charge in [0.1, 0.15) is 12.3 Å². The minimum atomic E-state index is -1.07. The molecule has 0 unspecified atom stereocenters. The molecular weight excluding hydrogens is 246 g/mol. The number of hydrogen-bond donors (Lipinski definition) is 2. The molecule has 0 heterocycles. The number of aryl methyl sites for hydroxylation is 1. The number of carbonyl (C=O) groups is 2. The maximum atomic E-state index is 12.3. The van der Waals surface area contributed by atoms with Crippen molar-refractivity contribution in [3.8, 4) is 5.75 Å². The third-order valence-electron chi connectivity index (χ3n) is 2.58. The van der Waals surface area contributed by atoms with Crippen LogP contribution in [0.25, 0.3) is 0 Å². The van der Waals surface area contributed by atoms with Crippen LogP contribution in [0.3, 0.4) is 0 Å². The van der Waals surface area contributed by atoms with E-state index in [2.05, 4.69) is 0 Å². The SMILES string of the molecule is Cc1ccc(O)c(C(=O)N(CC(=O)O)CC(C)C)c1. The summed E-state index contributed by atoms with van der Waals surface area (Å²) >= 11 is 0. The molecule has 0 aromatic heterocycles. The molecule has 5 heteroatoms. The summed E-state index contributed by atoms with van der Waals surface area (Å²) in [6.45, 7) is 5.57. The van der Waals surface area contributed by atoms with Crippen LogP contribution in [0.1, 0.15) is 29.8 Å². The Bertz CT molecular complexity index is 482. The molecule has 5 nitrogen and oxygen atoms in total. The Kier molecular flexibility index (Phi) is 4.92. The van der Waals surface area contributed by atoms with Gasteiger partial charge in [0.15, 0.2) is 0 Å². The second-order valence-corrected chi connectivity index (χ2v) is 4.99. The van der Waals surface area contributed by atoms with Crippen LogP contribution in [0.5, 0.6) is 5.75 Å². The summed E-state index contributed by atoms with van der Waals surface area (Å²) < 4.78 is 0. The minimum absolute atomic E-state index is 0.130. The number of phenols is 1. The highest BCUT2D eigenvalue weighted by Crippen LogP contribution is 2.20. The van der Waals surface area contributed by atoms with Gasteiger partial charge in [0.05, 0.1) is 5.56 Å². The number of carbonyl (C=O) groups excluding carboxylic acids is 1. The van der Waals surface area contributed by atoms with Gasteiger partial charge in [-0.2, -0.15) is 0 Å². The predicted octanol–water partition coefficient (Wildman–Crippen LogP) is 1.88. The molecule has 1 amide bonds. The van der Waals surface area contributed by atoms with Crippen LogP contribution < -0.4 is 0 Å². The Morgan fingerprint density at radius 3 is 2.47 bits per heavy atom. The topological polar surface area (TPSA) is 77.8 Å². The summed E-state index contributed by atoms with van der Waals surface area (Å²) in [5, 5.41) is 18.6. The van der Waals surface area contributed by atoms with E-state index in [-0.39, 0.29) is 23.8 Å². The van der Waals surface area contributed by atoms with Crippen molar-refractivity contribution in [3.63, 3.8) is 0 Å². The number of phenolic OH excluding ortho intramolecular Hbond substituents is 1. The lowest BCUT2D eigenvalue weighted by Gasteiger charge is -2.23. The van der Waals surface area contributed by atoms with E-state index < -0.39 is 11.9 Å². The van der Waals surface area contributed by atoms with Gasteiger partial charge in [-0.3, -0.25) is 9.59 Å². The molecular formula is C14H19NO4. The molecule has 19 heavy (non-hydrogen) atoms. The summed E-state index contributed by atoms with van der Waals surface area (Å²) in [7, 11) is 0. The number of aromatic hydroxyl groups is 1. The van der Waals surface area contributed by atoms with Crippen molar-refractivity contribution in [2.45, 2.75) is 20.8 Å². The van der Waals surface area contributed by atoms with E-state index in [1.54, 1.807) is 19.1 Å². The summed E-state index contributed by atoms with van der Waals surface area (Å²) in [6.07, 6.45) is 0. The first-order valence-electron chi connectivity index (χ1n) is 6.12. The van der Waals surface area contributed by atoms with Crippen LogP contribution in [0.15, 0.2) is 18.2 Å². The lowest BCUT2D eigenvalue weighted by atomic mass is 10.1. The zero-order valence-corrected chi connectivity index (χ0v) is 11.4. The molecule has 0 aliphatic heterocycles. The Morgan fingerprint density at radius 2 is 1.95 bits per heavy atom. The second kappa shape index (κ2) is 6.22. The fourth-order valence-corrected chi connectivity index (χ4v) is 1.81. The largest absolute Gasteiger partial charge is 0.507 e. The average molecular weight is 265 g/mol. The monoisotopic (exact) mass is 265 g/mol. The molecule has 1 rings (SSSR count). The first-order chi connectivity index (χ1) is 8.81. The lowest BCUT2D eigenvalue weighted by Crippen LogP contribution is -2.38. The van der Waals surface area contributed by atoms with Crippen molar-refractivity contribution in [2.75, 3.05) is 13.1 Å². The number of carboxylic acids is 1. The average Bonchev–Trinajstić information content (AvgIpc) is 2.29. The number of benzene rings is 1. The predicted molar refractivity (Wildman–Crippen MR) is 71.2 cm³/mol. The van der Waals surface area contributed by atoms with E-state index in [1.807, 2.05) is 13.8 Å². The van der Waals surface area contributed by atoms with Crippen molar-refractivity contribution in [1.29, 1.82) is 0 Å². The van der Waals surface area contributed by atoms with E-state index in [0.29, 0.717) is 6.54 Å². The van der Waals surface area contributed by atoms with E-state index >= 15 is 0 Å². The first kappa shape index (κ1) is 15.0. The molecule has 0 fully saturated rings. The van der Waals surface area contributed by atoms with Crippen LogP contribution in [-0.2, 0) is 4.79 Å². The highest BCUT2D eigenvalue weighted by molar-refractivity contribution is 5.98. The van der Waals surface area contributed by atoms with Crippen molar-refractivity contribution >= 4 is 11.9 Å². The smallest absolute Gasteiger partial charge is 0.323 e. The standard InChI is InChI=1S/C14H19NO4/c1-9(2)7-15(8-13(17)18)14(19)11-6-10(3)4-5-12(11)16/h4-6,9,16H,7-8H2,1-3H3,(H,17,18). The molecule has 0 saturated carbocycles. The highest BCUT2D eigenvalue weighted by atomic mass is 16.4. The van der Waals surface area contributed by atoms with Crippen molar-refractivity contribution < 1.29 is 19.8 Å². The van der Waals surface area contributed by atoms with Gasteiger partial charge >= 0.3 is 5.97 Å². The number of nitrogens with zero attached hydrogens (tertiary/aromatic N) is 1. The number of hydrogen-bond acceptors (Lipinski definition) is 3. The van der Waals surface area contributed by atoms with E-state index in [1.165, 1.54) is 11.0 Å². The van der Waals surface area contributed by atoms with E-state index in [9.17, 15) is 14.7 Å². The zero-order chi connectivity index (χ0) is 14.6. The van der Waals surface area contributed by atoms with Gasteiger partial charge in [0.25, 0.3) is 5.91 Å². The molecule has 0 saturated heterocycles. The van der Waals surface area contributed by atoms with Crippen LogP contribution >= 0.6 is 0 Å². The number of aliphatic carboxylic acids is 1. The number of rotatable bonds is 5. The van der Waals surface area contributed by atoms with Crippen LogP contribution in [0.2, 0.25) is 0 Å². The number of carboxylic acid groups (broad SMARTS) is 1. The Labute approximate surface area is 112 Å². The van der Waals surface area contributed by atoms with Gasteiger partial charge in [-0.15, -0.1) is 0 Å². The first-order valence-corrected chi connectivity index (χ1v) is 6.12. The van der Waals surface area contributed by atoms with Gasteiger partial charge in [0, 0.05) is 6.54 Å². The van der Waals surface area contributed by atoms with E-state index in [4.69, 9.17) is 5.11 Å². The zero-order valence-electron chi connectivity index (χ0n) is 11.4. The van der Waals surface area contributed by atoms with Gasteiger partial charge in [-0.05, 0) is 25.0 Å². The quantitative estimate of drug-likeness (QED) is 0.852. The van der Waals surface area contributed by atoms with Crippen LogP contribution in [0.4, 0.5) is 0 Å². The molecule has 0 aliphatic carbocycles. The molecule has 1 aromatic rings. The van der Waals surface area contributed by atoms with Gasteiger partial charge in [0.2, 0.25) is 0 Å². The summed E-state index contributed by atoms with van der Waals surface area (Å²) in [4.78, 5) is 24.4. The summed E-state index contributed by atoms with van der Waals surface area (Å²) in [5.74, 6) is -1.51. The van der Waals surface area contributed by atoms with Gasteiger partial charge in [-0.25, -0.2) is 0 Å². The van der Waals surface area contributed by atoms with Crippen molar-refractivity contribution in [3.05, 3.63) is 29.3 Å². The molecule has 104 valence electrons. The molecule has 2 N–H and O–H groups in total. The van der Waals surface area contributed by atoms with Crippen LogP contribution in [0, 0.1) is 12.8 Å². The third kappa shape index (κ3) is 4.28. The Morgan fingerprint density at radius 1 is 1.32 bits per heavy atom. The van der Waals surface area contributed by atoms with Crippen LogP contribution in [-0.4, -0.2) is 40.1 Å².